The minimum Gasteiger partial charge on any atom is -0.483 e. The van der Waals surface area contributed by atoms with Crippen molar-refractivity contribution in [2.45, 2.75) is 44.6 Å². The maximum Gasteiger partial charge on any atom is 0.290 e. The molecule has 124 valence electrons. The third-order valence-electron chi connectivity index (χ3n) is 3.63. The van der Waals surface area contributed by atoms with Crippen LogP contribution in [0.1, 0.15) is 37.9 Å². The van der Waals surface area contributed by atoms with Crippen molar-refractivity contribution < 1.29 is 14.7 Å². The fourth-order valence-electron chi connectivity index (χ4n) is 2.45. The van der Waals surface area contributed by atoms with E-state index in [4.69, 9.17) is 9.90 Å². The van der Waals surface area contributed by atoms with Crippen molar-refractivity contribution >= 4 is 12.4 Å². The number of aromatic amines is 1. The van der Waals surface area contributed by atoms with Crippen LogP contribution in [0.25, 0.3) is 0 Å². The van der Waals surface area contributed by atoms with E-state index in [1.165, 1.54) is 12.8 Å². The van der Waals surface area contributed by atoms with E-state index in [1.807, 2.05) is 0 Å². The predicted molar refractivity (Wildman–Crippen MR) is 79.1 cm³/mol. The quantitative estimate of drug-likeness (QED) is 0.492. The molecular weight excluding hydrogens is 288 g/mol. The monoisotopic (exact) mass is 312 g/mol. The van der Waals surface area contributed by atoms with Crippen LogP contribution in [-0.4, -0.2) is 69.2 Å². The molecule has 1 atom stereocenters. The number of nitrogens with zero attached hydrogens (tertiary/aromatic N) is 4. The standard InChI is InChI=1S/C12H22N6O.CH2O2/c1-18-8-3-2-5-10(18)9-12(19)13-7-4-6-11-14-16-17-15-11;2-1-3/h10H,2-9H2,1H3,(H,13,19)(H,14,15,16,17);1H,(H,2,3). The van der Waals surface area contributed by atoms with Gasteiger partial charge in [-0.15, -0.1) is 10.2 Å². The summed E-state index contributed by atoms with van der Waals surface area (Å²) < 4.78 is 0. The lowest BCUT2D eigenvalue weighted by atomic mass is 10.00. The summed E-state index contributed by atoms with van der Waals surface area (Å²) in [5.41, 5.74) is 0. The summed E-state index contributed by atoms with van der Waals surface area (Å²) in [4.78, 5) is 22.5. The van der Waals surface area contributed by atoms with Crippen LogP contribution in [0.5, 0.6) is 0 Å². The molecule has 0 aromatic carbocycles. The fraction of sp³-hybridized carbons (Fsp3) is 0.769. The van der Waals surface area contributed by atoms with E-state index < -0.39 is 0 Å². The molecule has 1 aromatic heterocycles. The first kappa shape index (κ1) is 18.0. The molecule has 1 aliphatic rings. The number of piperidine rings is 1. The Morgan fingerprint density at radius 2 is 2.32 bits per heavy atom. The van der Waals surface area contributed by atoms with E-state index >= 15 is 0 Å². The average Bonchev–Trinajstić information content (AvgIpc) is 3.00. The molecule has 0 aliphatic carbocycles. The molecule has 0 saturated carbocycles. The van der Waals surface area contributed by atoms with Crippen LogP contribution in [-0.2, 0) is 16.0 Å². The average molecular weight is 312 g/mol. The fourth-order valence-corrected chi connectivity index (χ4v) is 2.45. The predicted octanol–water partition coefficient (Wildman–Crippen LogP) is -0.176. The van der Waals surface area contributed by atoms with Crippen molar-refractivity contribution in [1.82, 2.24) is 30.8 Å². The molecule has 0 spiro atoms. The van der Waals surface area contributed by atoms with Gasteiger partial charge in [0.25, 0.3) is 6.47 Å². The molecule has 2 rings (SSSR count). The van der Waals surface area contributed by atoms with Crippen molar-refractivity contribution in [3.8, 4) is 0 Å². The first-order chi connectivity index (χ1) is 10.7. The first-order valence-electron chi connectivity index (χ1n) is 7.44. The Labute approximate surface area is 129 Å². The summed E-state index contributed by atoms with van der Waals surface area (Å²) in [5.74, 6) is 0.841. The second-order valence-corrected chi connectivity index (χ2v) is 5.22. The zero-order valence-electron chi connectivity index (χ0n) is 12.9. The number of tetrazole rings is 1. The van der Waals surface area contributed by atoms with Crippen LogP contribution in [0.4, 0.5) is 0 Å². The SMILES string of the molecule is CN1CCCCC1CC(=O)NCCCc1nn[nH]n1.O=CO. The van der Waals surface area contributed by atoms with Gasteiger partial charge in [0, 0.05) is 25.4 Å². The van der Waals surface area contributed by atoms with Gasteiger partial charge in [-0.1, -0.05) is 11.6 Å². The van der Waals surface area contributed by atoms with Crippen LogP contribution in [0.15, 0.2) is 0 Å². The Hall–Kier alpha value is -2.03. The van der Waals surface area contributed by atoms with Crippen molar-refractivity contribution in [3.63, 3.8) is 0 Å². The molecule has 9 nitrogen and oxygen atoms in total. The molecule has 22 heavy (non-hydrogen) atoms. The molecule has 0 radical (unpaired) electrons. The number of hydrogen-bond donors (Lipinski definition) is 3. The Morgan fingerprint density at radius 3 is 2.95 bits per heavy atom. The van der Waals surface area contributed by atoms with Gasteiger partial charge < -0.3 is 15.3 Å². The summed E-state index contributed by atoms with van der Waals surface area (Å²) in [6, 6.07) is 0.408. The summed E-state index contributed by atoms with van der Waals surface area (Å²) >= 11 is 0. The van der Waals surface area contributed by atoms with E-state index in [1.54, 1.807) is 0 Å². The molecule has 3 N–H and O–H groups in total. The van der Waals surface area contributed by atoms with Gasteiger partial charge in [0.1, 0.15) is 0 Å². The summed E-state index contributed by atoms with van der Waals surface area (Å²) in [6.45, 7) is 1.53. The zero-order valence-corrected chi connectivity index (χ0v) is 12.9. The molecule has 1 fully saturated rings. The highest BCUT2D eigenvalue weighted by atomic mass is 16.3. The maximum atomic E-state index is 11.8. The molecule has 0 bridgehead atoms. The van der Waals surface area contributed by atoms with E-state index in [0.717, 1.165) is 25.8 Å². The Bertz CT molecular complexity index is 425. The number of carboxylic acid groups (broad SMARTS) is 1. The topological polar surface area (TPSA) is 124 Å². The molecule has 1 aromatic rings. The van der Waals surface area contributed by atoms with Crippen molar-refractivity contribution in [3.05, 3.63) is 5.82 Å². The van der Waals surface area contributed by atoms with Crippen LogP contribution in [0, 0.1) is 0 Å². The van der Waals surface area contributed by atoms with Crippen LogP contribution < -0.4 is 5.32 Å². The number of H-pyrrole nitrogens is 1. The van der Waals surface area contributed by atoms with E-state index in [2.05, 4.69) is 37.9 Å². The van der Waals surface area contributed by atoms with Crippen LogP contribution >= 0.6 is 0 Å². The summed E-state index contributed by atoms with van der Waals surface area (Å²) in [5, 5.41) is 23.5. The Balaban J connectivity index is 0.000000745. The Kier molecular flexibility index (Phi) is 8.73. The van der Waals surface area contributed by atoms with Crippen LogP contribution in [0.3, 0.4) is 0 Å². The molecule has 1 aliphatic heterocycles. The van der Waals surface area contributed by atoms with Gasteiger partial charge in [-0.2, -0.15) is 5.21 Å². The van der Waals surface area contributed by atoms with E-state index in [9.17, 15) is 4.79 Å². The van der Waals surface area contributed by atoms with Crippen molar-refractivity contribution in [2.24, 2.45) is 0 Å². The minimum absolute atomic E-state index is 0.145. The normalized spacial score (nSPS) is 18.1. The summed E-state index contributed by atoms with van der Waals surface area (Å²) in [6.07, 6.45) is 5.80. The number of aryl methyl sites for hydroxylation is 1. The highest BCUT2D eigenvalue weighted by Gasteiger charge is 2.21. The third-order valence-corrected chi connectivity index (χ3v) is 3.63. The van der Waals surface area contributed by atoms with Gasteiger partial charge >= 0.3 is 0 Å². The second kappa shape index (κ2) is 10.7. The molecule has 2 heterocycles. The molecule has 1 saturated heterocycles. The maximum absolute atomic E-state index is 11.8. The van der Waals surface area contributed by atoms with Gasteiger partial charge in [0.2, 0.25) is 5.91 Å². The van der Waals surface area contributed by atoms with Gasteiger partial charge in [-0.3, -0.25) is 9.59 Å². The van der Waals surface area contributed by atoms with Crippen molar-refractivity contribution in [2.75, 3.05) is 20.1 Å². The number of rotatable bonds is 6. The minimum atomic E-state index is -0.250. The highest BCUT2D eigenvalue weighted by Crippen LogP contribution is 2.17. The number of carbonyl (C=O) groups excluding carboxylic acids is 1. The van der Waals surface area contributed by atoms with Gasteiger partial charge in [0.15, 0.2) is 5.82 Å². The van der Waals surface area contributed by atoms with E-state index in [0.29, 0.717) is 24.8 Å². The summed E-state index contributed by atoms with van der Waals surface area (Å²) in [7, 11) is 2.10. The number of nitrogens with one attached hydrogen (secondary N) is 2. The largest absolute Gasteiger partial charge is 0.483 e. The van der Waals surface area contributed by atoms with Gasteiger partial charge in [-0.25, -0.2) is 0 Å². The smallest absolute Gasteiger partial charge is 0.290 e. The third kappa shape index (κ3) is 7.11. The molecule has 9 heteroatoms. The van der Waals surface area contributed by atoms with Crippen molar-refractivity contribution in [1.29, 1.82) is 0 Å². The lowest BCUT2D eigenvalue weighted by molar-refractivity contribution is -0.123. The van der Waals surface area contributed by atoms with Gasteiger partial charge in [0.05, 0.1) is 0 Å². The number of carbonyl (C=O) groups is 2. The van der Waals surface area contributed by atoms with Crippen LogP contribution in [0.2, 0.25) is 0 Å². The zero-order chi connectivity index (χ0) is 16.2. The Morgan fingerprint density at radius 1 is 1.55 bits per heavy atom. The molecule has 1 unspecified atom stereocenters. The lowest BCUT2D eigenvalue weighted by Gasteiger charge is -2.31. The highest BCUT2D eigenvalue weighted by molar-refractivity contribution is 5.76. The number of hydrogen-bond acceptors (Lipinski definition) is 6. The van der Waals surface area contributed by atoms with Gasteiger partial charge in [-0.05, 0) is 32.9 Å². The second-order valence-electron chi connectivity index (χ2n) is 5.22. The number of aromatic nitrogens is 4. The lowest BCUT2D eigenvalue weighted by Crippen LogP contribution is -2.40. The molecule has 1 amide bonds. The number of amides is 1. The number of likely N-dealkylation sites (tertiary alicyclic amines) is 1. The molecular formula is C13H24N6O3. The first-order valence-corrected chi connectivity index (χ1v) is 7.44. The van der Waals surface area contributed by atoms with E-state index in [-0.39, 0.29) is 12.4 Å².